The minimum Gasteiger partial charge on any atom is -0.478 e. The Morgan fingerprint density at radius 2 is 2.00 bits per heavy atom. The smallest absolute Gasteiger partial charge is 0.336 e. The molecule has 0 aliphatic carbocycles. The zero-order valence-corrected chi connectivity index (χ0v) is 23.0. The largest absolute Gasteiger partial charge is 0.478 e. The number of carboxylic acids is 1. The number of imidazole rings is 1. The molecule has 0 saturated carbocycles. The van der Waals surface area contributed by atoms with Crippen LogP contribution in [0.3, 0.4) is 0 Å². The number of halogens is 1. The lowest BCUT2D eigenvalue weighted by Crippen LogP contribution is -2.15. The van der Waals surface area contributed by atoms with E-state index in [0.717, 1.165) is 47.3 Å². The number of aromatic carboxylic acids is 1. The number of methoxy groups -OCH3 is 1. The SMILES string of the molecule is CCCCc1nc(Cl)c(C(OC)c2sccc2C(=O)O)n1Cc1ccc(-c2ccccc2)c(-c2nn[nH]n2)c1. The maximum absolute atomic E-state index is 11.9. The number of hydrogen-bond donors (Lipinski definition) is 2. The molecule has 2 aromatic carbocycles. The first-order valence-electron chi connectivity index (χ1n) is 12.5. The normalized spacial score (nSPS) is 12.1. The fourth-order valence-corrected chi connectivity index (χ4v) is 5.94. The van der Waals surface area contributed by atoms with Crippen LogP contribution in [0, 0.1) is 0 Å². The summed E-state index contributed by atoms with van der Waals surface area (Å²) in [6.07, 6.45) is 1.97. The van der Waals surface area contributed by atoms with Crippen LogP contribution in [0.25, 0.3) is 22.5 Å². The molecule has 0 radical (unpaired) electrons. The third kappa shape index (κ3) is 5.49. The van der Waals surface area contributed by atoms with Crippen molar-refractivity contribution in [3.05, 3.63) is 92.7 Å². The molecule has 200 valence electrons. The first-order valence-corrected chi connectivity index (χ1v) is 13.8. The quantitative estimate of drug-likeness (QED) is 0.195. The van der Waals surface area contributed by atoms with Gasteiger partial charge in [0.25, 0.3) is 0 Å². The number of aromatic nitrogens is 6. The van der Waals surface area contributed by atoms with Crippen LogP contribution in [-0.2, 0) is 17.7 Å². The predicted octanol–water partition coefficient (Wildman–Crippen LogP) is 6.27. The molecule has 0 aliphatic rings. The van der Waals surface area contributed by atoms with Crippen molar-refractivity contribution in [1.29, 1.82) is 0 Å². The van der Waals surface area contributed by atoms with Gasteiger partial charge in [0.05, 0.1) is 16.1 Å². The van der Waals surface area contributed by atoms with Crippen LogP contribution >= 0.6 is 22.9 Å². The molecule has 0 amide bonds. The number of tetrazole rings is 1. The Labute approximate surface area is 234 Å². The van der Waals surface area contributed by atoms with Gasteiger partial charge in [0, 0.05) is 25.6 Å². The van der Waals surface area contributed by atoms with Gasteiger partial charge in [0.15, 0.2) is 5.15 Å². The summed E-state index contributed by atoms with van der Waals surface area (Å²) in [6.45, 7) is 2.57. The molecule has 5 rings (SSSR count). The average Bonchev–Trinajstić information content (AvgIpc) is 3.71. The molecular formula is C28H27ClN6O3S. The molecule has 3 aromatic heterocycles. The van der Waals surface area contributed by atoms with Gasteiger partial charge >= 0.3 is 5.97 Å². The number of H-pyrrole nitrogens is 1. The molecular weight excluding hydrogens is 536 g/mol. The van der Waals surface area contributed by atoms with Crippen LogP contribution in [0.15, 0.2) is 60.0 Å². The number of nitrogens with zero attached hydrogens (tertiary/aromatic N) is 5. The van der Waals surface area contributed by atoms with Crippen molar-refractivity contribution in [2.75, 3.05) is 7.11 Å². The Morgan fingerprint density at radius 1 is 1.18 bits per heavy atom. The highest BCUT2D eigenvalue weighted by Crippen LogP contribution is 2.38. The van der Waals surface area contributed by atoms with E-state index in [4.69, 9.17) is 21.3 Å². The van der Waals surface area contributed by atoms with Gasteiger partial charge in [-0.05, 0) is 45.8 Å². The number of thiophene rings is 1. The Morgan fingerprint density at radius 3 is 2.69 bits per heavy atom. The second-order valence-corrected chi connectivity index (χ2v) is 10.3. The average molecular weight is 563 g/mol. The number of hydrogen-bond acceptors (Lipinski definition) is 7. The summed E-state index contributed by atoms with van der Waals surface area (Å²) < 4.78 is 7.93. The topological polar surface area (TPSA) is 119 Å². The highest BCUT2D eigenvalue weighted by Gasteiger charge is 2.30. The van der Waals surface area contributed by atoms with Crippen molar-refractivity contribution in [2.24, 2.45) is 0 Å². The number of rotatable bonds is 11. The number of ether oxygens (including phenoxy) is 1. The molecule has 39 heavy (non-hydrogen) atoms. The molecule has 9 nitrogen and oxygen atoms in total. The van der Waals surface area contributed by atoms with E-state index < -0.39 is 12.1 Å². The van der Waals surface area contributed by atoms with Gasteiger partial charge in [-0.2, -0.15) is 5.21 Å². The van der Waals surface area contributed by atoms with Crippen molar-refractivity contribution in [2.45, 2.75) is 38.8 Å². The van der Waals surface area contributed by atoms with Crippen molar-refractivity contribution in [1.82, 2.24) is 30.2 Å². The number of aryl methyl sites for hydroxylation is 1. The van der Waals surface area contributed by atoms with Crippen LogP contribution < -0.4 is 0 Å². The van der Waals surface area contributed by atoms with Crippen LogP contribution in [-0.4, -0.2) is 48.4 Å². The van der Waals surface area contributed by atoms with Gasteiger partial charge in [-0.25, -0.2) is 9.78 Å². The van der Waals surface area contributed by atoms with E-state index in [1.807, 2.05) is 36.4 Å². The fraction of sp³-hybridized carbons (Fsp3) is 0.250. The molecule has 0 spiro atoms. The zero-order chi connectivity index (χ0) is 27.4. The van der Waals surface area contributed by atoms with E-state index in [2.05, 4.69) is 44.2 Å². The maximum atomic E-state index is 11.9. The van der Waals surface area contributed by atoms with Gasteiger partial charge in [-0.3, -0.25) is 0 Å². The van der Waals surface area contributed by atoms with Crippen LogP contribution in [0.5, 0.6) is 0 Å². The molecule has 0 saturated heterocycles. The highest BCUT2D eigenvalue weighted by molar-refractivity contribution is 7.10. The van der Waals surface area contributed by atoms with Crippen LogP contribution in [0.2, 0.25) is 5.15 Å². The highest BCUT2D eigenvalue weighted by atomic mass is 35.5. The Bertz CT molecular complexity index is 1570. The number of benzene rings is 2. The van der Waals surface area contributed by atoms with Gasteiger partial charge in [0.2, 0.25) is 5.82 Å². The molecule has 1 unspecified atom stereocenters. The van der Waals surface area contributed by atoms with Gasteiger partial charge < -0.3 is 14.4 Å². The maximum Gasteiger partial charge on any atom is 0.336 e. The summed E-state index contributed by atoms with van der Waals surface area (Å²) >= 11 is 8.07. The van der Waals surface area contributed by atoms with E-state index in [0.29, 0.717) is 28.1 Å². The molecule has 3 heterocycles. The molecule has 0 aliphatic heterocycles. The summed E-state index contributed by atoms with van der Waals surface area (Å²) in [5.41, 5.74) is 4.65. The van der Waals surface area contributed by atoms with Gasteiger partial charge in [-0.15, -0.1) is 21.5 Å². The van der Waals surface area contributed by atoms with Crippen molar-refractivity contribution >= 4 is 28.9 Å². The molecule has 2 N–H and O–H groups in total. The number of nitrogens with one attached hydrogen (secondary N) is 1. The number of aromatic amines is 1. The number of carboxylic acid groups (broad SMARTS) is 1. The minimum atomic E-state index is -1.01. The molecule has 0 fully saturated rings. The van der Waals surface area contributed by atoms with E-state index in [-0.39, 0.29) is 5.56 Å². The van der Waals surface area contributed by atoms with Gasteiger partial charge in [-0.1, -0.05) is 67.4 Å². The summed E-state index contributed by atoms with van der Waals surface area (Å²) in [7, 11) is 1.55. The first-order chi connectivity index (χ1) is 19.0. The standard InChI is InChI=1S/C28H27ClN6O3S/c1-3-4-10-22-30-26(29)23(24(38-2)25-20(28(36)37)13-14-39-25)35(22)16-17-11-12-19(18-8-6-5-7-9-18)21(15-17)27-31-33-34-32-27/h5-9,11-15,24H,3-4,10,16H2,1-2H3,(H,36,37)(H,31,32,33,34). The second kappa shape index (κ2) is 11.9. The van der Waals surface area contributed by atoms with Crippen LogP contribution in [0.4, 0.5) is 0 Å². The van der Waals surface area contributed by atoms with Crippen LogP contribution in [0.1, 0.15) is 58.2 Å². The summed E-state index contributed by atoms with van der Waals surface area (Å²) in [6, 6.07) is 17.8. The monoisotopic (exact) mass is 562 g/mol. The molecule has 11 heteroatoms. The van der Waals surface area contributed by atoms with Crippen molar-refractivity contribution in [3.63, 3.8) is 0 Å². The second-order valence-electron chi connectivity index (χ2n) is 8.99. The van der Waals surface area contributed by atoms with Crippen molar-refractivity contribution in [3.8, 4) is 22.5 Å². The lowest BCUT2D eigenvalue weighted by atomic mass is 9.97. The minimum absolute atomic E-state index is 0.192. The van der Waals surface area contributed by atoms with Crippen molar-refractivity contribution < 1.29 is 14.6 Å². The zero-order valence-electron chi connectivity index (χ0n) is 21.5. The fourth-order valence-electron chi connectivity index (χ4n) is 4.68. The Kier molecular flexibility index (Phi) is 8.16. The summed E-state index contributed by atoms with van der Waals surface area (Å²) in [5, 5.41) is 26.6. The number of unbranched alkanes of at least 4 members (excludes halogenated alkanes) is 1. The molecule has 5 aromatic rings. The van der Waals surface area contributed by atoms with Gasteiger partial charge in [0.1, 0.15) is 11.9 Å². The lowest BCUT2D eigenvalue weighted by molar-refractivity contribution is 0.0688. The van der Waals surface area contributed by atoms with E-state index in [9.17, 15) is 9.90 Å². The summed E-state index contributed by atoms with van der Waals surface area (Å²) in [4.78, 5) is 17.2. The van der Waals surface area contributed by atoms with E-state index in [1.165, 1.54) is 11.3 Å². The Hall–Kier alpha value is -3.86. The predicted molar refractivity (Wildman–Crippen MR) is 150 cm³/mol. The lowest BCUT2D eigenvalue weighted by Gasteiger charge is -2.20. The molecule has 0 bridgehead atoms. The van der Waals surface area contributed by atoms with E-state index in [1.54, 1.807) is 18.6 Å². The third-order valence-electron chi connectivity index (χ3n) is 6.54. The number of carbonyl (C=O) groups is 1. The first kappa shape index (κ1) is 26.7. The summed E-state index contributed by atoms with van der Waals surface area (Å²) in [5.74, 6) is 0.300. The van der Waals surface area contributed by atoms with E-state index >= 15 is 0 Å². The molecule has 1 atom stereocenters. The Balaban J connectivity index is 1.62. The third-order valence-corrected chi connectivity index (χ3v) is 7.78.